The maximum absolute atomic E-state index is 12.2. The summed E-state index contributed by atoms with van der Waals surface area (Å²) in [5.41, 5.74) is 1.71. The lowest BCUT2D eigenvalue weighted by molar-refractivity contribution is -0.145. The number of hydrogen-bond donors (Lipinski definition) is 2. The van der Waals surface area contributed by atoms with E-state index in [2.05, 4.69) is 10.6 Å². The van der Waals surface area contributed by atoms with E-state index in [0.717, 1.165) is 11.1 Å². The molecular formula is C21H21ClN2O4. The van der Waals surface area contributed by atoms with Crippen molar-refractivity contribution in [3.05, 3.63) is 76.4 Å². The van der Waals surface area contributed by atoms with Crippen LogP contribution >= 0.6 is 11.6 Å². The zero-order chi connectivity index (χ0) is 20.4. The standard InChI is InChI=1S/C21H21ClN2O4/c1-15(25)24-19(13-17-5-3-2-4-6-17)21(27)28-14-20(26)23-12-11-16-7-9-18(22)10-8-16/h2-10,13H,11-12,14H2,1H3,(H,23,26)(H,24,25)/b19-13+. The van der Waals surface area contributed by atoms with Crippen LogP contribution in [0.2, 0.25) is 5.02 Å². The van der Waals surface area contributed by atoms with Crippen LogP contribution in [0.25, 0.3) is 6.08 Å². The van der Waals surface area contributed by atoms with E-state index in [0.29, 0.717) is 18.0 Å². The predicted molar refractivity (Wildman–Crippen MR) is 107 cm³/mol. The minimum atomic E-state index is -0.785. The molecule has 28 heavy (non-hydrogen) atoms. The van der Waals surface area contributed by atoms with Crippen molar-refractivity contribution >= 4 is 35.5 Å². The molecule has 0 aliphatic carbocycles. The SMILES string of the molecule is CC(=O)N/C(=C/c1ccccc1)C(=O)OCC(=O)NCCc1ccc(Cl)cc1. The summed E-state index contributed by atoms with van der Waals surface area (Å²) in [6.07, 6.45) is 2.12. The van der Waals surface area contributed by atoms with Crippen LogP contribution in [0.1, 0.15) is 18.1 Å². The van der Waals surface area contributed by atoms with Gasteiger partial charge in [0.25, 0.3) is 5.91 Å². The zero-order valence-electron chi connectivity index (χ0n) is 15.4. The molecule has 7 heteroatoms. The fourth-order valence-electron chi connectivity index (χ4n) is 2.31. The van der Waals surface area contributed by atoms with Gasteiger partial charge in [-0.2, -0.15) is 0 Å². The minimum Gasteiger partial charge on any atom is -0.451 e. The first kappa shape index (κ1) is 21.2. The second-order valence-corrected chi connectivity index (χ2v) is 6.39. The molecule has 0 atom stereocenters. The molecule has 0 spiro atoms. The largest absolute Gasteiger partial charge is 0.451 e. The Labute approximate surface area is 168 Å². The molecule has 6 nitrogen and oxygen atoms in total. The third kappa shape index (κ3) is 7.63. The van der Waals surface area contributed by atoms with Gasteiger partial charge in [-0.05, 0) is 35.8 Å². The first-order valence-corrected chi connectivity index (χ1v) is 9.04. The summed E-state index contributed by atoms with van der Waals surface area (Å²) in [5.74, 6) is -1.62. The highest BCUT2D eigenvalue weighted by molar-refractivity contribution is 6.30. The van der Waals surface area contributed by atoms with Crippen molar-refractivity contribution < 1.29 is 19.1 Å². The lowest BCUT2D eigenvalue weighted by atomic mass is 10.1. The van der Waals surface area contributed by atoms with E-state index in [1.54, 1.807) is 36.4 Å². The molecule has 146 valence electrons. The predicted octanol–water partition coefficient (Wildman–Crippen LogP) is 2.72. The summed E-state index contributed by atoms with van der Waals surface area (Å²) in [6, 6.07) is 16.3. The van der Waals surface area contributed by atoms with Gasteiger partial charge < -0.3 is 15.4 Å². The zero-order valence-corrected chi connectivity index (χ0v) is 16.2. The molecule has 0 fully saturated rings. The fourth-order valence-corrected chi connectivity index (χ4v) is 2.43. The Morgan fingerprint density at radius 3 is 2.36 bits per heavy atom. The van der Waals surface area contributed by atoms with Gasteiger partial charge >= 0.3 is 5.97 Å². The Hall–Kier alpha value is -3.12. The van der Waals surface area contributed by atoms with E-state index in [1.165, 1.54) is 13.0 Å². The number of rotatable bonds is 8. The smallest absolute Gasteiger partial charge is 0.355 e. The van der Waals surface area contributed by atoms with Crippen molar-refractivity contribution in [1.82, 2.24) is 10.6 Å². The number of benzene rings is 2. The number of amides is 2. The van der Waals surface area contributed by atoms with Crippen LogP contribution in [0.4, 0.5) is 0 Å². The molecule has 0 aromatic heterocycles. The third-order valence-corrected chi connectivity index (χ3v) is 3.88. The van der Waals surface area contributed by atoms with Crippen LogP contribution in [0.5, 0.6) is 0 Å². The first-order valence-electron chi connectivity index (χ1n) is 8.66. The summed E-state index contributed by atoms with van der Waals surface area (Å²) in [5, 5.41) is 5.75. The van der Waals surface area contributed by atoms with E-state index < -0.39 is 24.4 Å². The van der Waals surface area contributed by atoms with Crippen LogP contribution in [0.3, 0.4) is 0 Å². The number of hydrogen-bond acceptors (Lipinski definition) is 4. The van der Waals surface area contributed by atoms with Crippen LogP contribution in [-0.4, -0.2) is 30.9 Å². The number of carbonyl (C=O) groups is 3. The van der Waals surface area contributed by atoms with E-state index in [1.807, 2.05) is 18.2 Å². The molecule has 0 radical (unpaired) electrons. The molecule has 2 N–H and O–H groups in total. The molecule has 0 saturated carbocycles. The summed E-state index contributed by atoms with van der Waals surface area (Å²) in [4.78, 5) is 35.4. The van der Waals surface area contributed by atoms with Gasteiger partial charge in [-0.3, -0.25) is 9.59 Å². The summed E-state index contributed by atoms with van der Waals surface area (Å²) >= 11 is 5.83. The second kappa shape index (κ2) is 10.9. The molecule has 2 rings (SSSR count). The highest BCUT2D eigenvalue weighted by Gasteiger charge is 2.14. The number of esters is 1. The van der Waals surface area contributed by atoms with Crippen LogP contribution in [0.15, 0.2) is 60.3 Å². The van der Waals surface area contributed by atoms with Crippen LogP contribution in [-0.2, 0) is 25.5 Å². The van der Waals surface area contributed by atoms with Crippen molar-refractivity contribution in [3.8, 4) is 0 Å². The Bertz CT molecular complexity index is 848. The normalized spacial score (nSPS) is 10.9. The molecule has 2 aromatic rings. The van der Waals surface area contributed by atoms with Crippen LogP contribution < -0.4 is 10.6 Å². The molecular weight excluding hydrogens is 380 g/mol. The van der Waals surface area contributed by atoms with Gasteiger partial charge in [0, 0.05) is 18.5 Å². The summed E-state index contributed by atoms with van der Waals surface area (Å²) in [6.45, 7) is 1.25. The maximum Gasteiger partial charge on any atom is 0.355 e. The number of carbonyl (C=O) groups excluding carboxylic acids is 3. The molecule has 0 saturated heterocycles. The molecule has 0 bridgehead atoms. The second-order valence-electron chi connectivity index (χ2n) is 5.95. The van der Waals surface area contributed by atoms with Gasteiger partial charge in [-0.25, -0.2) is 4.79 Å². The monoisotopic (exact) mass is 400 g/mol. The molecule has 0 aliphatic heterocycles. The lowest BCUT2D eigenvalue weighted by Crippen LogP contribution is -2.32. The van der Waals surface area contributed by atoms with Crippen molar-refractivity contribution in [2.75, 3.05) is 13.2 Å². The first-order chi connectivity index (χ1) is 13.4. The third-order valence-electron chi connectivity index (χ3n) is 3.62. The van der Waals surface area contributed by atoms with Gasteiger partial charge in [-0.1, -0.05) is 54.1 Å². The maximum atomic E-state index is 12.2. The topological polar surface area (TPSA) is 84.5 Å². The van der Waals surface area contributed by atoms with Gasteiger partial charge in [-0.15, -0.1) is 0 Å². The minimum absolute atomic E-state index is 0.0346. The summed E-state index contributed by atoms with van der Waals surface area (Å²) in [7, 11) is 0. The number of halogens is 1. The van der Waals surface area contributed by atoms with Crippen LogP contribution in [0, 0.1) is 0 Å². The van der Waals surface area contributed by atoms with E-state index >= 15 is 0 Å². The van der Waals surface area contributed by atoms with E-state index in [-0.39, 0.29) is 5.70 Å². The lowest BCUT2D eigenvalue weighted by Gasteiger charge is -2.10. The Balaban J connectivity index is 1.83. The van der Waals surface area contributed by atoms with Gasteiger partial charge in [0.05, 0.1) is 0 Å². The highest BCUT2D eigenvalue weighted by Crippen LogP contribution is 2.09. The van der Waals surface area contributed by atoms with E-state index in [4.69, 9.17) is 16.3 Å². The molecule has 0 unspecified atom stereocenters. The Kier molecular flexibility index (Phi) is 8.24. The van der Waals surface area contributed by atoms with Crippen molar-refractivity contribution in [2.24, 2.45) is 0 Å². The van der Waals surface area contributed by atoms with Gasteiger partial charge in [0.15, 0.2) is 6.61 Å². The average molecular weight is 401 g/mol. The fraction of sp³-hybridized carbons (Fsp3) is 0.190. The Morgan fingerprint density at radius 2 is 1.71 bits per heavy atom. The van der Waals surface area contributed by atoms with Crippen molar-refractivity contribution in [3.63, 3.8) is 0 Å². The van der Waals surface area contributed by atoms with Crippen molar-refractivity contribution in [1.29, 1.82) is 0 Å². The molecule has 2 amide bonds. The number of nitrogens with one attached hydrogen (secondary N) is 2. The molecule has 0 aliphatic rings. The van der Waals surface area contributed by atoms with E-state index in [9.17, 15) is 14.4 Å². The highest BCUT2D eigenvalue weighted by atomic mass is 35.5. The quantitative estimate of drug-likeness (QED) is 0.527. The molecule has 0 heterocycles. The van der Waals surface area contributed by atoms with Crippen molar-refractivity contribution in [2.45, 2.75) is 13.3 Å². The van der Waals surface area contributed by atoms with Gasteiger partial charge in [0.2, 0.25) is 5.91 Å². The molecule has 2 aromatic carbocycles. The average Bonchev–Trinajstić information content (AvgIpc) is 2.67. The Morgan fingerprint density at radius 1 is 1.04 bits per heavy atom. The summed E-state index contributed by atoms with van der Waals surface area (Å²) < 4.78 is 5.01. The van der Waals surface area contributed by atoms with Gasteiger partial charge in [0.1, 0.15) is 5.70 Å². The number of ether oxygens (including phenoxy) is 1.